The van der Waals surface area contributed by atoms with E-state index in [1.807, 2.05) is 23.9 Å². The first-order valence-electron chi connectivity index (χ1n) is 8.57. The van der Waals surface area contributed by atoms with Crippen LogP contribution in [0.15, 0.2) is 29.3 Å². The van der Waals surface area contributed by atoms with E-state index < -0.39 is 0 Å². The summed E-state index contributed by atoms with van der Waals surface area (Å²) in [5.41, 5.74) is 1.12. The van der Waals surface area contributed by atoms with Crippen LogP contribution in [0.5, 0.6) is 0 Å². The molecule has 1 fully saturated rings. The topological polar surface area (TPSA) is 45.7 Å². The molecule has 0 aliphatic carbocycles. The summed E-state index contributed by atoms with van der Waals surface area (Å²) in [6.45, 7) is 6.11. The lowest BCUT2D eigenvalue weighted by Crippen LogP contribution is -2.41. The Bertz CT molecular complexity index is 516. The lowest BCUT2D eigenvalue weighted by Gasteiger charge is -2.34. The Kier molecular flexibility index (Phi) is 7.85. The molecule has 4 nitrogen and oxygen atoms in total. The van der Waals surface area contributed by atoms with Crippen LogP contribution < -0.4 is 10.6 Å². The predicted octanol–water partition coefficient (Wildman–Crippen LogP) is 2.84. The Balaban J connectivity index is 1.86. The van der Waals surface area contributed by atoms with E-state index in [4.69, 9.17) is 9.73 Å². The van der Waals surface area contributed by atoms with Crippen molar-refractivity contribution in [2.45, 2.75) is 30.9 Å². The highest BCUT2D eigenvalue weighted by Crippen LogP contribution is 2.33. The summed E-state index contributed by atoms with van der Waals surface area (Å²) < 4.78 is 18.6. The van der Waals surface area contributed by atoms with Gasteiger partial charge < -0.3 is 15.4 Å². The van der Waals surface area contributed by atoms with E-state index in [0.717, 1.165) is 63.6 Å². The number of hydrogen-bond donors (Lipinski definition) is 2. The van der Waals surface area contributed by atoms with Crippen molar-refractivity contribution in [3.05, 3.63) is 35.6 Å². The molecule has 0 aromatic heterocycles. The molecule has 6 heteroatoms. The van der Waals surface area contributed by atoms with Gasteiger partial charge in [0, 0.05) is 31.1 Å². The number of benzene rings is 1. The van der Waals surface area contributed by atoms with E-state index in [1.54, 1.807) is 0 Å². The molecule has 1 aromatic carbocycles. The fourth-order valence-corrected chi connectivity index (χ4v) is 3.48. The second-order valence-corrected chi connectivity index (χ2v) is 7.27. The van der Waals surface area contributed by atoms with Crippen LogP contribution in [0, 0.1) is 5.82 Å². The fraction of sp³-hybridized carbons (Fsp3) is 0.611. The highest BCUT2D eigenvalue weighted by atomic mass is 32.2. The maximum Gasteiger partial charge on any atom is 0.191 e. The number of hydrogen-bond acceptors (Lipinski definition) is 3. The summed E-state index contributed by atoms with van der Waals surface area (Å²) in [6.07, 6.45) is 5.10. The predicted molar refractivity (Wildman–Crippen MR) is 100 cm³/mol. The summed E-state index contributed by atoms with van der Waals surface area (Å²) in [7, 11) is 0. The molecule has 24 heavy (non-hydrogen) atoms. The summed E-state index contributed by atoms with van der Waals surface area (Å²) in [5, 5.41) is 6.67. The molecule has 1 heterocycles. The van der Waals surface area contributed by atoms with Crippen molar-refractivity contribution in [2.24, 2.45) is 4.99 Å². The number of rotatable bonds is 7. The molecule has 1 aliphatic rings. The van der Waals surface area contributed by atoms with Crippen molar-refractivity contribution in [3.63, 3.8) is 0 Å². The van der Waals surface area contributed by atoms with E-state index in [1.165, 1.54) is 12.1 Å². The van der Waals surface area contributed by atoms with Crippen LogP contribution in [0.2, 0.25) is 0 Å². The Morgan fingerprint density at radius 1 is 1.25 bits per heavy atom. The molecular formula is C18H28FN3OS. The average molecular weight is 354 g/mol. The largest absolute Gasteiger partial charge is 0.381 e. The average Bonchev–Trinajstić information content (AvgIpc) is 2.62. The first-order chi connectivity index (χ1) is 11.7. The molecule has 0 amide bonds. The molecule has 0 unspecified atom stereocenters. The van der Waals surface area contributed by atoms with E-state index in [9.17, 15) is 4.39 Å². The molecule has 1 aliphatic heterocycles. The van der Waals surface area contributed by atoms with Crippen LogP contribution in [0.1, 0.15) is 25.3 Å². The van der Waals surface area contributed by atoms with Gasteiger partial charge in [-0.3, -0.25) is 4.99 Å². The van der Waals surface area contributed by atoms with Gasteiger partial charge in [0.2, 0.25) is 0 Å². The van der Waals surface area contributed by atoms with Gasteiger partial charge in [0.25, 0.3) is 0 Å². The second-order valence-electron chi connectivity index (χ2n) is 6.00. The lowest BCUT2D eigenvalue weighted by molar-refractivity contribution is 0.0794. The fourth-order valence-electron chi connectivity index (χ4n) is 2.71. The van der Waals surface area contributed by atoms with Gasteiger partial charge in [0.1, 0.15) is 5.82 Å². The number of nitrogens with zero attached hydrogens (tertiary/aromatic N) is 1. The number of ether oxygens (including phenoxy) is 1. The minimum Gasteiger partial charge on any atom is -0.381 e. The Morgan fingerprint density at radius 2 is 1.96 bits per heavy atom. The zero-order chi connectivity index (χ0) is 17.3. The van der Waals surface area contributed by atoms with E-state index in [2.05, 4.69) is 23.8 Å². The quantitative estimate of drug-likeness (QED) is 0.584. The van der Waals surface area contributed by atoms with Crippen molar-refractivity contribution in [1.29, 1.82) is 0 Å². The number of guanidine groups is 1. The van der Waals surface area contributed by atoms with Crippen molar-refractivity contribution in [1.82, 2.24) is 10.6 Å². The zero-order valence-corrected chi connectivity index (χ0v) is 15.4. The first-order valence-corrected chi connectivity index (χ1v) is 9.79. The Hall–Kier alpha value is -1.27. The summed E-state index contributed by atoms with van der Waals surface area (Å²) in [4.78, 5) is 4.78. The smallest absolute Gasteiger partial charge is 0.191 e. The molecule has 134 valence electrons. The molecule has 0 atom stereocenters. The van der Waals surface area contributed by atoms with Crippen molar-refractivity contribution < 1.29 is 9.13 Å². The van der Waals surface area contributed by atoms with Gasteiger partial charge in [-0.1, -0.05) is 12.1 Å². The van der Waals surface area contributed by atoms with Crippen LogP contribution in [0.3, 0.4) is 0 Å². The van der Waals surface area contributed by atoms with Crippen LogP contribution in [-0.2, 0) is 11.2 Å². The van der Waals surface area contributed by atoms with Gasteiger partial charge in [0.05, 0.1) is 6.54 Å². The van der Waals surface area contributed by atoms with Crippen LogP contribution in [-0.4, -0.2) is 49.8 Å². The van der Waals surface area contributed by atoms with Gasteiger partial charge in [-0.25, -0.2) is 4.39 Å². The number of aliphatic imine (C=N–C) groups is 1. The van der Waals surface area contributed by atoms with E-state index in [0.29, 0.717) is 0 Å². The molecule has 1 saturated heterocycles. The highest BCUT2D eigenvalue weighted by molar-refractivity contribution is 8.00. The normalized spacial score (nSPS) is 17.5. The molecule has 1 aromatic rings. The van der Waals surface area contributed by atoms with E-state index in [-0.39, 0.29) is 10.6 Å². The minimum absolute atomic E-state index is 0.192. The third kappa shape index (κ3) is 5.98. The van der Waals surface area contributed by atoms with Crippen LogP contribution in [0.25, 0.3) is 0 Å². The third-order valence-electron chi connectivity index (χ3n) is 4.33. The Morgan fingerprint density at radius 3 is 2.58 bits per heavy atom. The van der Waals surface area contributed by atoms with Gasteiger partial charge in [-0.05, 0) is 50.1 Å². The molecule has 2 rings (SSSR count). The molecule has 0 spiro atoms. The Labute approximate surface area is 148 Å². The van der Waals surface area contributed by atoms with E-state index >= 15 is 0 Å². The molecular weight excluding hydrogens is 325 g/mol. The number of nitrogens with one attached hydrogen (secondary N) is 2. The first kappa shape index (κ1) is 19.1. The molecule has 0 bridgehead atoms. The molecule has 2 N–H and O–H groups in total. The standard InChI is InChI=1S/C18H28FN3OS/c1-3-20-17(21-11-8-15-4-6-16(19)7-5-15)22-14-18(24-2)9-12-23-13-10-18/h4-7H,3,8-14H2,1-2H3,(H2,20,21,22). The molecule has 0 radical (unpaired) electrons. The van der Waals surface area contributed by atoms with Crippen LogP contribution in [0.4, 0.5) is 4.39 Å². The molecule has 0 saturated carbocycles. The zero-order valence-electron chi connectivity index (χ0n) is 14.6. The second kappa shape index (κ2) is 9.89. The lowest BCUT2D eigenvalue weighted by atomic mass is 9.99. The SMILES string of the molecule is CCNC(=NCC1(SC)CCOCC1)NCCc1ccc(F)cc1. The summed E-state index contributed by atoms with van der Waals surface area (Å²) >= 11 is 1.90. The van der Waals surface area contributed by atoms with Gasteiger partial charge in [0.15, 0.2) is 5.96 Å². The highest BCUT2D eigenvalue weighted by Gasteiger charge is 2.31. The number of thioether (sulfide) groups is 1. The van der Waals surface area contributed by atoms with Gasteiger partial charge in [-0.15, -0.1) is 0 Å². The monoisotopic (exact) mass is 353 g/mol. The maximum atomic E-state index is 12.9. The van der Waals surface area contributed by atoms with Gasteiger partial charge in [-0.2, -0.15) is 11.8 Å². The summed E-state index contributed by atoms with van der Waals surface area (Å²) in [5.74, 6) is 0.653. The van der Waals surface area contributed by atoms with Gasteiger partial charge >= 0.3 is 0 Å². The maximum absolute atomic E-state index is 12.9. The third-order valence-corrected chi connectivity index (χ3v) is 5.73. The van der Waals surface area contributed by atoms with Crippen molar-refractivity contribution >= 4 is 17.7 Å². The van der Waals surface area contributed by atoms with Crippen molar-refractivity contribution in [3.8, 4) is 0 Å². The number of halogens is 1. The summed E-state index contributed by atoms with van der Waals surface area (Å²) in [6, 6.07) is 6.65. The minimum atomic E-state index is -0.194. The van der Waals surface area contributed by atoms with Crippen molar-refractivity contribution in [2.75, 3.05) is 39.1 Å². The van der Waals surface area contributed by atoms with Crippen LogP contribution >= 0.6 is 11.8 Å².